The summed E-state index contributed by atoms with van der Waals surface area (Å²) in [6, 6.07) is 0.208. The Kier molecular flexibility index (Phi) is 5.50. The van der Waals surface area contributed by atoms with Gasteiger partial charge in [-0.2, -0.15) is 9.97 Å². The highest BCUT2D eigenvalue weighted by Crippen LogP contribution is 2.40. The minimum absolute atomic E-state index is 0.208. The zero-order chi connectivity index (χ0) is 21.5. The first-order valence-electron chi connectivity index (χ1n) is 10.6. The molecule has 0 aromatic carbocycles. The molecule has 3 aliphatic rings. The molecule has 9 heteroatoms. The van der Waals surface area contributed by atoms with Crippen LogP contribution in [0.1, 0.15) is 51.3 Å². The fourth-order valence-corrected chi connectivity index (χ4v) is 4.74. The number of nitrogens with zero attached hydrogens (tertiary/aromatic N) is 4. The van der Waals surface area contributed by atoms with Gasteiger partial charge < -0.3 is 19.1 Å². The third-order valence-corrected chi connectivity index (χ3v) is 6.08. The Balaban J connectivity index is 1.50. The second-order valence-electron chi connectivity index (χ2n) is 9.46. The Bertz CT molecular complexity index is 815. The number of carbonyl (C=O) groups is 1. The summed E-state index contributed by atoms with van der Waals surface area (Å²) in [4.78, 5) is 25.3. The van der Waals surface area contributed by atoms with Crippen LogP contribution in [0.5, 0.6) is 11.9 Å². The van der Waals surface area contributed by atoms with Crippen LogP contribution in [-0.2, 0) is 17.7 Å². The summed E-state index contributed by atoms with van der Waals surface area (Å²) in [5.74, 6) is 0.467. The van der Waals surface area contributed by atoms with Gasteiger partial charge in [0.1, 0.15) is 18.4 Å². The van der Waals surface area contributed by atoms with E-state index in [1.165, 1.54) is 0 Å². The van der Waals surface area contributed by atoms with Gasteiger partial charge in [0.25, 0.3) is 0 Å². The van der Waals surface area contributed by atoms with Gasteiger partial charge in [0.15, 0.2) is 0 Å². The Morgan fingerprint density at radius 1 is 1.30 bits per heavy atom. The molecule has 0 N–H and O–H groups in total. The normalized spacial score (nSPS) is 26.3. The number of halogens is 1. The fourth-order valence-electron chi connectivity index (χ4n) is 4.74. The molecule has 4 heterocycles. The van der Waals surface area contributed by atoms with Crippen molar-refractivity contribution < 1.29 is 23.4 Å². The maximum absolute atomic E-state index is 14.0. The predicted molar refractivity (Wildman–Crippen MR) is 107 cm³/mol. The third kappa shape index (κ3) is 4.17. The molecule has 0 spiro atoms. The largest absolute Gasteiger partial charge is 0.481 e. The van der Waals surface area contributed by atoms with E-state index in [9.17, 15) is 9.18 Å². The number of alkyl halides is 1. The average molecular weight is 423 g/mol. The molecule has 0 bridgehead atoms. The zero-order valence-electron chi connectivity index (χ0n) is 18.2. The summed E-state index contributed by atoms with van der Waals surface area (Å²) in [6.07, 6.45) is 1.86. The lowest BCUT2D eigenvalue weighted by Gasteiger charge is -2.32. The Hall–Kier alpha value is -2.16. The number of hydrogen-bond acceptors (Lipinski definition) is 7. The van der Waals surface area contributed by atoms with Crippen LogP contribution in [-0.4, -0.2) is 76.5 Å². The Morgan fingerprint density at radius 2 is 2.10 bits per heavy atom. The number of ether oxygens (including phenoxy) is 3. The van der Waals surface area contributed by atoms with Crippen molar-refractivity contribution in [2.75, 3.05) is 33.4 Å². The van der Waals surface area contributed by atoms with Gasteiger partial charge in [0.05, 0.1) is 24.9 Å². The number of hydrogen-bond donors (Lipinski definition) is 0. The lowest BCUT2D eigenvalue weighted by molar-refractivity contribution is 0.0218. The molecule has 0 radical (unpaired) electrons. The molecule has 0 aliphatic carbocycles. The number of methoxy groups -OCH3 is 1. The first kappa shape index (κ1) is 21.1. The molecule has 3 aliphatic heterocycles. The standard InChI is InChI=1S/C21H31FN4O4/c1-20(2,3)30-19(27)25-9-6-15-16(12-25)23-18(24-17(15)28-4)29-13-21-7-5-8-26(21)11-14(22)10-21/h14H,5-13H2,1-4H3/t14-,21+/m1/s1. The van der Waals surface area contributed by atoms with Gasteiger partial charge in [0.2, 0.25) is 5.88 Å². The Morgan fingerprint density at radius 3 is 2.83 bits per heavy atom. The van der Waals surface area contributed by atoms with E-state index in [0.717, 1.165) is 24.9 Å². The summed E-state index contributed by atoms with van der Waals surface area (Å²) in [5, 5.41) is 0. The van der Waals surface area contributed by atoms with E-state index in [1.807, 2.05) is 20.8 Å². The number of carbonyl (C=O) groups excluding carboxylic acids is 1. The molecule has 1 amide bonds. The molecule has 4 rings (SSSR count). The molecule has 166 valence electrons. The second kappa shape index (κ2) is 7.83. The maximum atomic E-state index is 14.0. The van der Waals surface area contributed by atoms with Crippen LogP contribution in [0.2, 0.25) is 0 Å². The highest BCUT2D eigenvalue weighted by atomic mass is 19.1. The van der Waals surface area contributed by atoms with Crippen LogP contribution in [0, 0.1) is 0 Å². The molecular formula is C21H31FN4O4. The summed E-state index contributed by atoms with van der Waals surface area (Å²) in [6.45, 7) is 8.09. The lowest BCUT2D eigenvalue weighted by atomic mass is 9.95. The van der Waals surface area contributed by atoms with Crippen LogP contribution >= 0.6 is 0 Å². The van der Waals surface area contributed by atoms with Crippen molar-refractivity contribution in [3.63, 3.8) is 0 Å². The number of aromatic nitrogens is 2. The SMILES string of the molecule is COc1nc(OC[C@@]23CCCN2C[C@H](F)C3)nc2c1CCN(C(=O)OC(C)(C)C)C2. The first-order valence-corrected chi connectivity index (χ1v) is 10.6. The van der Waals surface area contributed by atoms with Gasteiger partial charge in [0, 0.05) is 25.1 Å². The summed E-state index contributed by atoms with van der Waals surface area (Å²) in [5.41, 5.74) is 0.755. The van der Waals surface area contributed by atoms with E-state index in [0.29, 0.717) is 50.7 Å². The molecule has 1 aromatic rings. The molecule has 0 saturated carbocycles. The van der Waals surface area contributed by atoms with Crippen molar-refractivity contribution in [2.45, 2.75) is 70.3 Å². The molecule has 30 heavy (non-hydrogen) atoms. The predicted octanol–water partition coefficient (Wildman–Crippen LogP) is 2.73. The molecule has 2 saturated heterocycles. The third-order valence-electron chi connectivity index (χ3n) is 6.08. The average Bonchev–Trinajstić information content (AvgIpc) is 3.19. The van der Waals surface area contributed by atoms with Gasteiger partial charge in [-0.05, 0) is 46.6 Å². The van der Waals surface area contributed by atoms with Crippen molar-refractivity contribution in [3.8, 4) is 11.9 Å². The number of rotatable bonds is 4. The van der Waals surface area contributed by atoms with E-state index in [-0.39, 0.29) is 17.6 Å². The van der Waals surface area contributed by atoms with Gasteiger partial charge in [-0.1, -0.05) is 0 Å². The van der Waals surface area contributed by atoms with Crippen molar-refractivity contribution >= 4 is 6.09 Å². The van der Waals surface area contributed by atoms with Crippen molar-refractivity contribution in [1.29, 1.82) is 0 Å². The molecular weight excluding hydrogens is 391 g/mol. The van der Waals surface area contributed by atoms with E-state index in [1.54, 1.807) is 12.0 Å². The monoisotopic (exact) mass is 422 g/mol. The van der Waals surface area contributed by atoms with Gasteiger partial charge in [-0.25, -0.2) is 9.18 Å². The number of amides is 1. The van der Waals surface area contributed by atoms with Crippen molar-refractivity contribution in [3.05, 3.63) is 11.3 Å². The van der Waals surface area contributed by atoms with Crippen molar-refractivity contribution in [2.24, 2.45) is 0 Å². The van der Waals surface area contributed by atoms with Crippen molar-refractivity contribution in [1.82, 2.24) is 19.8 Å². The van der Waals surface area contributed by atoms with Crippen LogP contribution in [0.15, 0.2) is 0 Å². The number of fused-ring (bicyclic) bond motifs is 2. The summed E-state index contributed by atoms with van der Waals surface area (Å²) >= 11 is 0. The molecule has 1 aromatic heterocycles. The first-order chi connectivity index (χ1) is 14.2. The molecule has 2 fully saturated rings. The quantitative estimate of drug-likeness (QED) is 0.738. The van der Waals surface area contributed by atoms with Crippen LogP contribution in [0.25, 0.3) is 0 Å². The van der Waals surface area contributed by atoms with E-state index in [2.05, 4.69) is 14.9 Å². The van der Waals surface area contributed by atoms with E-state index >= 15 is 0 Å². The van der Waals surface area contributed by atoms with E-state index < -0.39 is 11.8 Å². The summed E-state index contributed by atoms with van der Waals surface area (Å²) in [7, 11) is 1.56. The summed E-state index contributed by atoms with van der Waals surface area (Å²) < 4.78 is 30.9. The molecule has 0 unspecified atom stereocenters. The van der Waals surface area contributed by atoms with Gasteiger partial charge >= 0.3 is 12.1 Å². The van der Waals surface area contributed by atoms with Crippen LogP contribution in [0.4, 0.5) is 9.18 Å². The lowest BCUT2D eigenvalue weighted by Crippen LogP contribution is -2.43. The minimum atomic E-state index is -0.810. The highest BCUT2D eigenvalue weighted by Gasteiger charge is 2.49. The smallest absolute Gasteiger partial charge is 0.410 e. The molecule has 2 atom stereocenters. The molecule has 8 nitrogen and oxygen atoms in total. The zero-order valence-corrected chi connectivity index (χ0v) is 18.2. The maximum Gasteiger partial charge on any atom is 0.410 e. The second-order valence-corrected chi connectivity index (χ2v) is 9.46. The van der Waals surface area contributed by atoms with Crippen LogP contribution < -0.4 is 9.47 Å². The van der Waals surface area contributed by atoms with Crippen LogP contribution in [0.3, 0.4) is 0 Å². The fraction of sp³-hybridized carbons (Fsp3) is 0.762. The highest BCUT2D eigenvalue weighted by molar-refractivity contribution is 5.68. The van der Waals surface area contributed by atoms with Gasteiger partial charge in [-0.3, -0.25) is 4.90 Å². The minimum Gasteiger partial charge on any atom is -0.481 e. The van der Waals surface area contributed by atoms with Gasteiger partial charge in [-0.15, -0.1) is 0 Å². The van der Waals surface area contributed by atoms with E-state index in [4.69, 9.17) is 14.2 Å². The Labute approximate surface area is 176 Å². The topological polar surface area (TPSA) is 77.0 Å².